The molecule has 3 heteroatoms. The lowest BCUT2D eigenvalue weighted by Crippen LogP contribution is -2.55. The molecule has 1 saturated heterocycles. The van der Waals surface area contributed by atoms with Gasteiger partial charge in [0.1, 0.15) is 0 Å². The molecule has 0 aromatic heterocycles. The van der Waals surface area contributed by atoms with Gasteiger partial charge in [0.15, 0.2) is 0 Å². The normalized spacial score (nSPS) is 34.2. The Morgan fingerprint density at radius 2 is 2.10 bits per heavy atom. The highest BCUT2D eigenvalue weighted by molar-refractivity contribution is 5.36. The molecule has 0 radical (unpaired) electrons. The Balaban J connectivity index is 1.58. The van der Waals surface area contributed by atoms with Crippen LogP contribution in [0.3, 0.4) is 0 Å². The molecule has 0 bridgehead atoms. The zero-order valence-electron chi connectivity index (χ0n) is 12.0. The SMILES string of the molecule is CC(NC1CC(C#N)(c2ccccc2)C1)C1CCCO1. The van der Waals surface area contributed by atoms with Gasteiger partial charge in [-0.15, -0.1) is 0 Å². The molecule has 0 spiro atoms. The Labute approximate surface area is 120 Å². The highest BCUT2D eigenvalue weighted by Gasteiger charge is 2.46. The van der Waals surface area contributed by atoms with Gasteiger partial charge in [-0.25, -0.2) is 0 Å². The van der Waals surface area contributed by atoms with Crippen LogP contribution < -0.4 is 5.32 Å². The van der Waals surface area contributed by atoms with Gasteiger partial charge in [-0.2, -0.15) is 5.26 Å². The molecule has 3 nitrogen and oxygen atoms in total. The fraction of sp³-hybridized carbons (Fsp3) is 0.588. The first-order valence-corrected chi connectivity index (χ1v) is 7.58. The van der Waals surface area contributed by atoms with Crippen molar-refractivity contribution < 1.29 is 4.74 Å². The Bertz CT molecular complexity index is 481. The van der Waals surface area contributed by atoms with E-state index in [1.807, 2.05) is 18.2 Å². The number of nitriles is 1. The van der Waals surface area contributed by atoms with Gasteiger partial charge in [-0.3, -0.25) is 0 Å². The zero-order valence-corrected chi connectivity index (χ0v) is 12.0. The number of ether oxygens (including phenoxy) is 1. The van der Waals surface area contributed by atoms with E-state index in [4.69, 9.17) is 4.74 Å². The molecule has 3 rings (SSSR count). The minimum atomic E-state index is -0.283. The van der Waals surface area contributed by atoms with Gasteiger partial charge >= 0.3 is 0 Å². The minimum absolute atomic E-state index is 0.283. The maximum absolute atomic E-state index is 9.55. The topological polar surface area (TPSA) is 45.0 Å². The number of nitrogens with one attached hydrogen (secondary N) is 1. The summed E-state index contributed by atoms with van der Waals surface area (Å²) in [5, 5.41) is 13.2. The summed E-state index contributed by atoms with van der Waals surface area (Å²) in [4.78, 5) is 0. The highest BCUT2D eigenvalue weighted by atomic mass is 16.5. The average molecular weight is 270 g/mol. The smallest absolute Gasteiger partial charge is 0.0852 e. The van der Waals surface area contributed by atoms with E-state index in [9.17, 15) is 5.26 Å². The number of benzene rings is 1. The molecular weight excluding hydrogens is 248 g/mol. The van der Waals surface area contributed by atoms with Crippen molar-refractivity contribution in [1.82, 2.24) is 5.32 Å². The van der Waals surface area contributed by atoms with Crippen LogP contribution in [0.2, 0.25) is 0 Å². The second kappa shape index (κ2) is 5.55. The van der Waals surface area contributed by atoms with Gasteiger partial charge in [0, 0.05) is 18.7 Å². The molecule has 0 amide bonds. The van der Waals surface area contributed by atoms with E-state index in [0.29, 0.717) is 18.2 Å². The molecule has 2 unspecified atom stereocenters. The summed E-state index contributed by atoms with van der Waals surface area (Å²) in [6, 6.07) is 13.5. The van der Waals surface area contributed by atoms with Crippen LogP contribution in [0.1, 0.15) is 38.2 Å². The zero-order chi connectivity index (χ0) is 14.0. The molecule has 2 atom stereocenters. The molecule has 2 aliphatic rings. The van der Waals surface area contributed by atoms with Gasteiger partial charge in [0.2, 0.25) is 0 Å². The number of hydrogen-bond donors (Lipinski definition) is 1. The van der Waals surface area contributed by atoms with Crippen LogP contribution in [-0.2, 0) is 10.2 Å². The Kier molecular flexibility index (Phi) is 3.78. The maximum Gasteiger partial charge on any atom is 0.0852 e. The van der Waals surface area contributed by atoms with E-state index in [0.717, 1.165) is 31.4 Å². The van der Waals surface area contributed by atoms with Crippen molar-refractivity contribution in [3.63, 3.8) is 0 Å². The lowest BCUT2D eigenvalue weighted by atomic mass is 9.62. The van der Waals surface area contributed by atoms with Crippen LogP contribution in [0.5, 0.6) is 0 Å². The van der Waals surface area contributed by atoms with Crippen molar-refractivity contribution in [2.24, 2.45) is 0 Å². The van der Waals surface area contributed by atoms with Crippen LogP contribution in [0, 0.1) is 11.3 Å². The maximum atomic E-state index is 9.55. The summed E-state index contributed by atoms with van der Waals surface area (Å²) >= 11 is 0. The van der Waals surface area contributed by atoms with Gasteiger partial charge in [0.25, 0.3) is 0 Å². The second-order valence-electron chi connectivity index (χ2n) is 6.17. The fourth-order valence-electron chi connectivity index (χ4n) is 3.52. The first kappa shape index (κ1) is 13.6. The summed E-state index contributed by atoms with van der Waals surface area (Å²) in [5.74, 6) is 0. The van der Waals surface area contributed by atoms with Crippen molar-refractivity contribution in [3.05, 3.63) is 35.9 Å². The lowest BCUT2D eigenvalue weighted by molar-refractivity contribution is 0.0693. The largest absolute Gasteiger partial charge is 0.377 e. The van der Waals surface area contributed by atoms with Gasteiger partial charge in [-0.1, -0.05) is 30.3 Å². The van der Waals surface area contributed by atoms with Crippen molar-refractivity contribution >= 4 is 0 Å². The third-order valence-corrected chi connectivity index (χ3v) is 4.75. The quantitative estimate of drug-likeness (QED) is 0.915. The first-order chi connectivity index (χ1) is 9.73. The fourth-order valence-corrected chi connectivity index (χ4v) is 3.52. The van der Waals surface area contributed by atoms with Crippen molar-refractivity contribution in [2.75, 3.05) is 6.61 Å². The monoisotopic (exact) mass is 270 g/mol. The highest BCUT2D eigenvalue weighted by Crippen LogP contribution is 2.43. The predicted molar refractivity (Wildman–Crippen MR) is 78.3 cm³/mol. The van der Waals surface area contributed by atoms with Gasteiger partial charge < -0.3 is 10.1 Å². The molecule has 1 aliphatic carbocycles. The second-order valence-corrected chi connectivity index (χ2v) is 6.17. The molecule has 1 heterocycles. The average Bonchev–Trinajstić information content (AvgIpc) is 2.97. The summed E-state index contributed by atoms with van der Waals surface area (Å²) in [6.07, 6.45) is 4.50. The Morgan fingerprint density at radius 1 is 1.35 bits per heavy atom. The molecule has 1 aliphatic heterocycles. The summed E-state index contributed by atoms with van der Waals surface area (Å²) in [6.45, 7) is 3.10. The van der Waals surface area contributed by atoms with Crippen LogP contribution in [0.25, 0.3) is 0 Å². The van der Waals surface area contributed by atoms with E-state index < -0.39 is 0 Å². The van der Waals surface area contributed by atoms with E-state index >= 15 is 0 Å². The molecule has 2 fully saturated rings. The Hall–Kier alpha value is -1.37. The van der Waals surface area contributed by atoms with E-state index in [1.54, 1.807) is 0 Å². The standard InChI is InChI=1S/C17H22N2O/c1-13(16-8-5-9-20-16)19-15-10-17(11-15,12-18)14-6-3-2-4-7-14/h2-4,6-7,13,15-16,19H,5,8-11H2,1H3. The third kappa shape index (κ3) is 2.46. The molecule has 20 heavy (non-hydrogen) atoms. The van der Waals surface area contributed by atoms with Crippen LogP contribution in [0.15, 0.2) is 30.3 Å². The van der Waals surface area contributed by atoms with Crippen molar-refractivity contribution in [2.45, 2.75) is 56.2 Å². The van der Waals surface area contributed by atoms with Crippen LogP contribution in [0.4, 0.5) is 0 Å². The lowest BCUT2D eigenvalue weighted by Gasteiger charge is -2.45. The molecule has 1 saturated carbocycles. The minimum Gasteiger partial charge on any atom is -0.377 e. The van der Waals surface area contributed by atoms with Crippen LogP contribution in [-0.4, -0.2) is 24.8 Å². The molecule has 1 aromatic rings. The van der Waals surface area contributed by atoms with E-state index in [1.165, 1.54) is 6.42 Å². The number of nitrogens with zero attached hydrogens (tertiary/aromatic N) is 1. The van der Waals surface area contributed by atoms with Crippen molar-refractivity contribution in [3.8, 4) is 6.07 Å². The summed E-state index contributed by atoms with van der Waals surface area (Å²) < 4.78 is 5.72. The predicted octanol–water partition coefficient (Wildman–Crippen LogP) is 2.77. The summed E-state index contributed by atoms with van der Waals surface area (Å²) in [7, 11) is 0. The molecule has 1 N–H and O–H groups in total. The molecule has 106 valence electrons. The molecule has 1 aromatic carbocycles. The Morgan fingerprint density at radius 3 is 2.70 bits per heavy atom. The first-order valence-electron chi connectivity index (χ1n) is 7.58. The van der Waals surface area contributed by atoms with E-state index in [-0.39, 0.29) is 5.41 Å². The summed E-state index contributed by atoms with van der Waals surface area (Å²) in [5.41, 5.74) is 0.875. The number of hydrogen-bond acceptors (Lipinski definition) is 3. The van der Waals surface area contributed by atoms with Gasteiger partial charge in [-0.05, 0) is 38.2 Å². The number of rotatable bonds is 4. The van der Waals surface area contributed by atoms with Gasteiger partial charge in [0.05, 0.1) is 17.6 Å². The third-order valence-electron chi connectivity index (χ3n) is 4.75. The molecular formula is C17H22N2O. The van der Waals surface area contributed by atoms with E-state index in [2.05, 4.69) is 30.4 Å². The van der Waals surface area contributed by atoms with Crippen molar-refractivity contribution in [1.29, 1.82) is 5.26 Å². The van der Waals surface area contributed by atoms with Crippen LogP contribution >= 0.6 is 0 Å².